The van der Waals surface area contributed by atoms with Crippen LogP contribution in [0.1, 0.15) is 47.0 Å². The lowest BCUT2D eigenvalue weighted by molar-refractivity contribution is -0.123. The Bertz CT molecular complexity index is 1530. The molecule has 42 heavy (non-hydrogen) atoms. The fourth-order valence-corrected chi connectivity index (χ4v) is 6.02. The predicted molar refractivity (Wildman–Crippen MR) is 164 cm³/mol. The van der Waals surface area contributed by atoms with Crippen LogP contribution in [0.5, 0.6) is 17.2 Å². The molecule has 0 spiro atoms. The Morgan fingerprint density at radius 2 is 1.52 bits per heavy atom. The van der Waals surface area contributed by atoms with Crippen molar-refractivity contribution in [1.29, 1.82) is 0 Å². The first-order chi connectivity index (χ1) is 20.4. The molecule has 0 bridgehead atoms. The van der Waals surface area contributed by atoms with Crippen LogP contribution in [0.3, 0.4) is 0 Å². The van der Waals surface area contributed by atoms with Gasteiger partial charge < -0.3 is 25.3 Å². The molecule has 0 aliphatic heterocycles. The number of carbonyl (C=O) groups is 2. The van der Waals surface area contributed by atoms with E-state index in [4.69, 9.17) is 19.9 Å². The summed E-state index contributed by atoms with van der Waals surface area (Å²) in [5.74, 6) is 1.03. The Morgan fingerprint density at radius 1 is 0.905 bits per heavy atom. The van der Waals surface area contributed by atoms with Gasteiger partial charge in [0.1, 0.15) is 33.9 Å². The van der Waals surface area contributed by atoms with E-state index < -0.39 is 11.9 Å². The molecule has 0 unspecified atom stereocenters. The van der Waals surface area contributed by atoms with Crippen LogP contribution >= 0.6 is 11.5 Å². The van der Waals surface area contributed by atoms with Gasteiger partial charge in [0, 0.05) is 11.6 Å². The molecule has 1 atom stereocenters. The second-order valence-electron chi connectivity index (χ2n) is 10.0. The molecule has 1 fully saturated rings. The molecule has 1 aromatic heterocycles. The van der Waals surface area contributed by atoms with E-state index in [2.05, 4.69) is 9.69 Å². The number of amides is 2. The first kappa shape index (κ1) is 28.9. The van der Waals surface area contributed by atoms with Gasteiger partial charge in [-0.3, -0.25) is 14.5 Å². The Kier molecular flexibility index (Phi) is 8.92. The fraction of sp³-hybridized carbons (Fsp3) is 0.281. The van der Waals surface area contributed by atoms with Crippen molar-refractivity contribution >= 4 is 34.7 Å². The zero-order valence-corrected chi connectivity index (χ0v) is 24.6. The number of nitrogens with zero attached hydrogens (tertiary/aromatic N) is 2. The van der Waals surface area contributed by atoms with Crippen molar-refractivity contribution in [2.75, 3.05) is 32.0 Å². The van der Waals surface area contributed by atoms with Crippen LogP contribution in [0.25, 0.3) is 11.3 Å². The SMILES string of the molecule is COc1ccc(-c2nsc(C(=O)N(c3ccccc3OC)[C@@H](C(=O)NC3CCCC3)c3ccc(OC)cc3)c2N)cc1. The zero-order chi connectivity index (χ0) is 29.6. The van der Waals surface area contributed by atoms with Crippen molar-refractivity contribution < 1.29 is 23.8 Å². The molecule has 10 heteroatoms. The second-order valence-corrected chi connectivity index (χ2v) is 10.8. The highest BCUT2D eigenvalue weighted by atomic mass is 32.1. The molecule has 1 saturated carbocycles. The molecule has 1 aliphatic rings. The lowest BCUT2D eigenvalue weighted by Gasteiger charge is -2.33. The fourth-order valence-electron chi connectivity index (χ4n) is 5.27. The molecule has 1 heterocycles. The molecular formula is C32H34N4O5S. The minimum Gasteiger partial charge on any atom is -0.497 e. The van der Waals surface area contributed by atoms with Crippen LogP contribution < -0.4 is 30.2 Å². The predicted octanol–water partition coefficient (Wildman–Crippen LogP) is 5.87. The number of nitrogens with two attached hydrogens (primary N) is 1. The van der Waals surface area contributed by atoms with Gasteiger partial charge in [0.2, 0.25) is 5.91 Å². The summed E-state index contributed by atoms with van der Waals surface area (Å²) in [6.45, 7) is 0. The molecule has 3 N–H and O–H groups in total. The Hall–Kier alpha value is -4.57. The molecule has 1 aliphatic carbocycles. The number of anilines is 2. The largest absolute Gasteiger partial charge is 0.497 e. The number of hydrogen-bond donors (Lipinski definition) is 2. The first-order valence-electron chi connectivity index (χ1n) is 13.8. The monoisotopic (exact) mass is 586 g/mol. The third-order valence-electron chi connectivity index (χ3n) is 7.49. The van der Waals surface area contributed by atoms with Crippen LogP contribution in [-0.4, -0.2) is 43.6 Å². The summed E-state index contributed by atoms with van der Waals surface area (Å²) in [7, 11) is 4.71. The van der Waals surface area contributed by atoms with Gasteiger partial charge in [0.15, 0.2) is 0 Å². The van der Waals surface area contributed by atoms with E-state index in [9.17, 15) is 9.59 Å². The highest BCUT2D eigenvalue weighted by molar-refractivity contribution is 7.09. The summed E-state index contributed by atoms with van der Waals surface area (Å²) in [4.78, 5) is 30.4. The number of para-hydroxylation sites is 2. The van der Waals surface area contributed by atoms with Gasteiger partial charge in [-0.25, -0.2) is 0 Å². The number of carbonyl (C=O) groups excluding carboxylic acids is 2. The molecule has 3 aromatic carbocycles. The van der Waals surface area contributed by atoms with Crippen LogP contribution in [0, 0.1) is 0 Å². The van der Waals surface area contributed by atoms with Crippen molar-refractivity contribution in [3.05, 3.63) is 83.2 Å². The quantitative estimate of drug-likeness (QED) is 0.239. The van der Waals surface area contributed by atoms with E-state index in [1.54, 1.807) is 56.7 Å². The van der Waals surface area contributed by atoms with Gasteiger partial charge in [-0.15, -0.1) is 0 Å². The Labute approximate surface area is 249 Å². The minimum absolute atomic E-state index is 0.0445. The Balaban J connectivity index is 1.63. The Morgan fingerprint density at radius 3 is 2.14 bits per heavy atom. The third-order valence-corrected chi connectivity index (χ3v) is 8.34. The minimum atomic E-state index is -1.02. The van der Waals surface area contributed by atoms with Gasteiger partial charge in [-0.2, -0.15) is 4.37 Å². The van der Waals surface area contributed by atoms with E-state index in [1.165, 1.54) is 12.0 Å². The van der Waals surface area contributed by atoms with Gasteiger partial charge in [-0.1, -0.05) is 37.1 Å². The highest BCUT2D eigenvalue weighted by Gasteiger charge is 2.38. The number of rotatable bonds is 10. The molecule has 0 saturated heterocycles. The molecule has 2 amide bonds. The lowest BCUT2D eigenvalue weighted by Crippen LogP contribution is -2.46. The van der Waals surface area contributed by atoms with Crippen molar-refractivity contribution in [2.45, 2.75) is 37.8 Å². The number of nitrogens with one attached hydrogen (secondary N) is 1. The number of ether oxygens (including phenoxy) is 3. The van der Waals surface area contributed by atoms with Crippen LogP contribution in [-0.2, 0) is 4.79 Å². The zero-order valence-electron chi connectivity index (χ0n) is 23.8. The topological polar surface area (TPSA) is 116 Å². The molecule has 0 radical (unpaired) electrons. The standard InChI is InChI=1S/C32H34N4O5S/c1-39-23-16-12-20(13-17-23)28-27(33)30(42-35-28)32(38)36(25-10-6-7-11-26(25)41-3)29(21-14-18-24(40-2)19-15-21)31(37)34-22-8-4-5-9-22/h6-7,10-19,22,29H,4-5,8-9,33H2,1-3H3,(H,34,37)/t29-/m1/s1. The molecule has 218 valence electrons. The van der Waals surface area contributed by atoms with Gasteiger partial charge >= 0.3 is 0 Å². The van der Waals surface area contributed by atoms with Gasteiger partial charge in [0.05, 0.1) is 32.7 Å². The number of benzene rings is 3. The van der Waals surface area contributed by atoms with Crippen molar-refractivity contribution in [3.63, 3.8) is 0 Å². The number of aromatic nitrogens is 1. The molecule has 4 aromatic rings. The summed E-state index contributed by atoms with van der Waals surface area (Å²) in [5.41, 5.74) is 9.12. The normalized spacial score (nSPS) is 13.8. The lowest BCUT2D eigenvalue weighted by atomic mass is 10.0. The summed E-state index contributed by atoms with van der Waals surface area (Å²) in [6.07, 6.45) is 3.91. The smallest absolute Gasteiger partial charge is 0.273 e. The highest BCUT2D eigenvalue weighted by Crippen LogP contribution is 2.40. The number of methoxy groups -OCH3 is 3. The van der Waals surface area contributed by atoms with Crippen molar-refractivity contribution in [3.8, 4) is 28.5 Å². The first-order valence-corrected chi connectivity index (χ1v) is 14.5. The average molecular weight is 587 g/mol. The molecule has 5 rings (SSSR count). The maximum absolute atomic E-state index is 14.6. The second kappa shape index (κ2) is 12.9. The van der Waals surface area contributed by atoms with Crippen LogP contribution in [0.15, 0.2) is 72.8 Å². The molecular weight excluding hydrogens is 552 g/mol. The summed E-state index contributed by atoms with van der Waals surface area (Å²) < 4.78 is 20.8. The van der Waals surface area contributed by atoms with Crippen molar-refractivity contribution in [1.82, 2.24) is 9.69 Å². The van der Waals surface area contributed by atoms with Crippen LogP contribution in [0.2, 0.25) is 0 Å². The van der Waals surface area contributed by atoms with E-state index >= 15 is 0 Å². The average Bonchev–Trinajstić information content (AvgIpc) is 3.69. The maximum atomic E-state index is 14.6. The van der Waals surface area contributed by atoms with E-state index in [-0.39, 0.29) is 22.5 Å². The van der Waals surface area contributed by atoms with E-state index in [0.29, 0.717) is 34.2 Å². The third kappa shape index (κ3) is 5.89. The van der Waals surface area contributed by atoms with Crippen molar-refractivity contribution in [2.24, 2.45) is 0 Å². The van der Waals surface area contributed by atoms with E-state index in [0.717, 1.165) is 42.8 Å². The number of nitrogen functional groups attached to an aromatic ring is 1. The van der Waals surface area contributed by atoms with Gasteiger partial charge in [-0.05, 0) is 78.5 Å². The summed E-state index contributed by atoms with van der Waals surface area (Å²) >= 11 is 0.999. The summed E-state index contributed by atoms with van der Waals surface area (Å²) in [5, 5.41) is 3.20. The van der Waals surface area contributed by atoms with Gasteiger partial charge in [0.25, 0.3) is 5.91 Å². The van der Waals surface area contributed by atoms with E-state index in [1.807, 2.05) is 30.3 Å². The number of hydrogen-bond acceptors (Lipinski definition) is 8. The van der Waals surface area contributed by atoms with Crippen LogP contribution in [0.4, 0.5) is 11.4 Å². The summed E-state index contributed by atoms with van der Waals surface area (Å²) in [6, 6.07) is 20.6. The maximum Gasteiger partial charge on any atom is 0.273 e. The molecule has 9 nitrogen and oxygen atoms in total.